The Kier molecular flexibility index (Phi) is 7.36. The Morgan fingerprint density at radius 3 is 2.53 bits per heavy atom. The maximum Gasteiger partial charge on any atom is 0.351 e. The SMILES string of the molecule is CC(=O)OC[C@H]1O[C@@H](n2cc(F)c(NC(=O)c3ccccc3)nc2=O)[C@H](OC(C)=O)[C@H]1Br. The Balaban J connectivity index is 1.87. The highest BCUT2D eigenvalue weighted by Crippen LogP contribution is 2.36. The first kappa shape index (κ1) is 23.5. The predicted molar refractivity (Wildman–Crippen MR) is 112 cm³/mol. The number of esters is 2. The van der Waals surface area contributed by atoms with E-state index in [1.54, 1.807) is 18.2 Å². The summed E-state index contributed by atoms with van der Waals surface area (Å²) in [6, 6.07) is 8.01. The first-order valence-electron chi connectivity index (χ1n) is 9.42. The average Bonchev–Trinajstić information content (AvgIpc) is 3.04. The summed E-state index contributed by atoms with van der Waals surface area (Å²) < 4.78 is 31.4. The van der Waals surface area contributed by atoms with Gasteiger partial charge in [-0.2, -0.15) is 4.98 Å². The number of benzene rings is 1. The third-order valence-electron chi connectivity index (χ3n) is 4.47. The molecule has 1 N–H and O–H groups in total. The smallest absolute Gasteiger partial charge is 0.351 e. The number of rotatable bonds is 6. The predicted octanol–water partition coefficient (Wildman–Crippen LogP) is 1.79. The monoisotopic (exact) mass is 511 g/mol. The second-order valence-electron chi connectivity index (χ2n) is 6.83. The van der Waals surface area contributed by atoms with E-state index >= 15 is 0 Å². The molecule has 0 unspecified atom stereocenters. The zero-order chi connectivity index (χ0) is 23.4. The van der Waals surface area contributed by atoms with Crippen LogP contribution in [0, 0.1) is 5.82 Å². The van der Waals surface area contributed by atoms with E-state index in [9.17, 15) is 23.6 Å². The van der Waals surface area contributed by atoms with Crippen LogP contribution in [0.15, 0.2) is 41.3 Å². The Bertz CT molecular complexity index is 1080. The molecule has 1 aliphatic rings. The second kappa shape index (κ2) is 10.0. The van der Waals surface area contributed by atoms with Crippen LogP contribution in [-0.2, 0) is 23.8 Å². The Morgan fingerprint density at radius 2 is 1.91 bits per heavy atom. The van der Waals surface area contributed by atoms with E-state index in [1.165, 1.54) is 26.0 Å². The van der Waals surface area contributed by atoms with Crippen molar-refractivity contribution in [2.45, 2.75) is 37.1 Å². The molecule has 10 nitrogen and oxygen atoms in total. The Hall–Kier alpha value is -3.12. The van der Waals surface area contributed by atoms with Crippen LogP contribution in [0.2, 0.25) is 0 Å². The van der Waals surface area contributed by atoms with Crippen molar-refractivity contribution in [3.8, 4) is 0 Å². The van der Waals surface area contributed by atoms with Crippen molar-refractivity contribution in [2.75, 3.05) is 11.9 Å². The third-order valence-corrected chi connectivity index (χ3v) is 5.58. The van der Waals surface area contributed by atoms with Crippen LogP contribution >= 0.6 is 15.9 Å². The number of nitrogens with zero attached hydrogens (tertiary/aromatic N) is 2. The molecule has 1 aromatic carbocycles. The van der Waals surface area contributed by atoms with Crippen molar-refractivity contribution in [1.82, 2.24) is 9.55 Å². The third kappa shape index (κ3) is 5.37. The Morgan fingerprint density at radius 1 is 1.22 bits per heavy atom. The van der Waals surface area contributed by atoms with Gasteiger partial charge >= 0.3 is 17.6 Å². The molecule has 1 saturated heterocycles. The molecular weight excluding hydrogens is 493 g/mol. The molecule has 0 bridgehead atoms. The fourth-order valence-electron chi connectivity index (χ4n) is 3.05. The van der Waals surface area contributed by atoms with Crippen molar-refractivity contribution in [3.63, 3.8) is 0 Å². The van der Waals surface area contributed by atoms with E-state index in [-0.39, 0.29) is 12.2 Å². The number of amides is 1. The van der Waals surface area contributed by atoms with Gasteiger partial charge in [0.05, 0.1) is 11.0 Å². The van der Waals surface area contributed by atoms with Crippen molar-refractivity contribution < 1.29 is 33.0 Å². The summed E-state index contributed by atoms with van der Waals surface area (Å²) in [4.78, 5) is 50.5. The highest BCUT2D eigenvalue weighted by Gasteiger charge is 2.47. The highest BCUT2D eigenvalue weighted by molar-refractivity contribution is 9.09. The molecule has 0 radical (unpaired) electrons. The lowest BCUT2D eigenvalue weighted by atomic mass is 10.2. The van der Waals surface area contributed by atoms with Crippen molar-refractivity contribution in [2.24, 2.45) is 0 Å². The molecule has 1 amide bonds. The van der Waals surface area contributed by atoms with Gasteiger partial charge in [-0.3, -0.25) is 19.0 Å². The molecule has 0 spiro atoms. The molecule has 1 aliphatic heterocycles. The van der Waals surface area contributed by atoms with Gasteiger partial charge in [0.15, 0.2) is 24.0 Å². The molecule has 170 valence electrons. The standard InChI is InChI=1S/C20H19BrFN3O7/c1-10(26)30-9-14-15(21)16(31-11(2)27)19(32-14)25-8-13(22)17(24-20(25)29)23-18(28)12-6-4-3-5-7-12/h3-8,14-16,19H,9H2,1-2H3,(H,23,24,28,29)/t14-,15+,16-,19-/m1/s1. The number of carbonyl (C=O) groups is 3. The lowest BCUT2D eigenvalue weighted by Crippen LogP contribution is -2.37. The number of halogens is 2. The molecule has 0 saturated carbocycles. The maximum absolute atomic E-state index is 14.7. The number of carbonyl (C=O) groups excluding carboxylic acids is 3. The summed E-state index contributed by atoms with van der Waals surface area (Å²) in [5.41, 5.74) is -0.702. The first-order valence-corrected chi connectivity index (χ1v) is 10.3. The summed E-state index contributed by atoms with van der Waals surface area (Å²) in [6.07, 6.45) is -2.29. The first-order chi connectivity index (χ1) is 15.2. The highest BCUT2D eigenvalue weighted by atomic mass is 79.9. The van der Waals surface area contributed by atoms with Gasteiger partial charge in [0.2, 0.25) is 0 Å². The van der Waals surface area contributed by atoms with Crippen LogP contribution in [-0.4, -0.2) is 51.0 Å². The zero-order valence-electron chi connectivity index (χ0n) is 17.0. The second-order valence-corrected chi connectivity index (χ2v) is 7.89. The van der Waals surface area contributed by atoms with Crippen LogP contribution in [0.25, 0.3) is 0 Å². The number of nitrogens with one attached hydrogen (secondary N) is 1. The fourth-order valence-corrected chi connectivity index (χ4v) is 3.70. The number of ether oxygens (including phenoxy) is 3. The number of alkyl halides is 1. The maximum atomic E-state index is 14.7. The van der Waals surface area contributed by atoms with Crippen molar-refractivity contribution >= 4 is 39.6 Å². The molecule has 1 aromatic heterocycles. The summed E-state index contributed by atoms with van der Waals surface area (Å²) in [5.74, 6) is -3.42. The Labute approximate surface area is 189 Å². The van der Waals surface area contributed by atoms with E-state index in [4.69, 9.17) is 14.2 Å². The number of hydrogen-bond acceptors (Lipinski definition) is 8. The van der Waals surface area contributed by atoms with Gasteiger partial charge in [-0.25, -0.2) is 9.18 Å². The molecule has 2 aromatic rings. The summed E-state index contributed by atoms with van der Waals surface area (Å²) in [7, 11) is 0. The van der Waals surface area contributed by atoms with E-state index in [0.29, 0.717) is 0 Å². The van der Waals surface area contributed by atoms with E-state index in [2.05, 4.69) is 26.2 Å². The minimum atomic E-state index is -1.25. The van der Waals surface area contributed by atoms with E-state index < -0.39 is 58.4 Å². The van der Waals surface area contributed by atoms with Crippen molar-refractivity contribution in [1.29, 1.82) is 0 Å². The molecule has 32 heavy (non-hydrogen) atoms. The van der Waals surface area contributed by atoms with Gasteiger partial charge in [0.25, 0.3) is 5.91 Å². The van der Waals surface area contributed by atoms with Gasteiger partial charge in [-0.1, -0.05) is 34.1 Å². The van der Waals surface area contributed by atoms with Gasteiger partial charge in [0, 0.05) is 19.4 Å². The van der Waals surface area contributed by atoms with Crippen LogP contribution in [0.4, 0.5) is 10.2 Å². The summed E-state index contributed by atoms with van der Waals surface area (Å²) >= 11 is 3.32. The molecule has 12 heteroatoms. The van der Waals surface area contributed by atoms with E-state index in [0.717, 1.165) is 10.8 Å². The molecule has 2 heterocycles. The van der Waals surface area contributed by atoms with E-state index in [1.807, 2.05) is 0 Å². The fraction of sp³-hybridized carbons (Fsp3) is 0.350. The lowest BCUT2D eigenvalue weighted by Gasteiger charge is -2.21. The topological polar surface area (TPSA) is 126 Å². The van der Waals surface area contributed by atoms with Gasteiger partial charge in [0.1, 0.15) is 12.7 Å². The van der Waals surface area contributed by atoms with Gasteiger partial charge in [-0.15, -0.1) is 0 Å². The van der Waals surface area contributed by atoms with Crippen molar-refractivity contribution in [3.05, 3.63) is 58.4 Å². The summed E-state index contributed by atoms with van der Waals surface area (Å²) in [5, 5.41) is 2.25. The van der Waals surface area contributed by atoms with Gasteiger partial charge in [-0.05, 0) is 12.1 Å². The molecular formula is C20H19BrFN3O7. The average molecular weight is 512 g/mol. The zero-order valence-corrected chi connectivity index (χ0v) is 18.6. The molecule has 3 rings (SSSR count). The van der Waals surface area contributed by atoms with Crippen LogP contribution < -0.4 is 11.0 Å². The van der Waals surface area contributed by atoms with Gasteiger partial charge < -0.3 is 19.5 Å². The molecule has 0 aliphatic carbocycles. The number of anilines is 1. The molecule has 4 atom stereocenters. The number of hydrogen-bond donors (Lipinski definition) is 1. The minimum absolute atomic E-state index is 0.185. The minimum Gasteiger partial charge on any atom is -0.463 e. The summed E-state index contributed by atoms with van der Waals surface area (Å²) in [6.45, 7) is 2.20. The molecule has 1 fully saturated rings. The van der Waals surface area contributed by atoms with Crippen LogP contribution in [0.5, 0.6) is 0 Å². The quantitative estimate of drug-likeness (QED) is 0.459. The largest absolute Gasteiger partial charge is 0.463 e. The normalized spacial score (nSPS) is 22.2. The van der Waals surface area contributed by atoms with Crippen LogP contribution in [0.3, 0.4) is 0 Å². The number of aromatic nitrogens is 2. The lowest BCUT2D eigenvalue weighted by molar-refractivity contribution is -0.153. The van der Waals surface area contributed by atoms with Crippen LogP contribution in [0.1, 0.15) is 30.4 Å².